The zero-order valence-electron chi connectivity index (χ0n) is 13.5. The van der Waals surface area contributed by atoms with Crippen molar-refractivity contribution in [1.82, 2.24) is 4.98 Å². The van der Waals surface area contributed by atoms with Crippen molar-refractivity contribution in [2.75, 3.05) is 0 Å². The van der Waals surface area contributed by atoms with Crippen molar-refractivity contribution in [2.45, 2.75) is 51.9 Å². The van der Waals surface area contributed by atoms with Gasteiger partial charge in [0.25, 0.3) is 0 Å². The Bertz CT molecular complexity index is 738. The number of carboxylic acid groups (broad SMARTS) is 1. The molecule has 0 radical (unpaired) electrons. The standard InChI is InChI=1S/C19H23NO3/c1-2-6-15-17(18(21)12-7-4-3-5-8-12)14-10-9-13(19(22)23)11-16(14)20-15/h9-12,20H,2-8H2,1H3,(H,22,23). The van der Waals surface area contributed by atoms with Crippen LogP contribution in [0, 0.1) is 5.92 Å². The first-order chi connectivity index (χ1) is 11.1. The molecule has 23 heavy (non-hydrogen) atoms. The molecule has 1 fully saturated rings. The molecule has 1 aliphatic carbocycles. The number of carboxylic acids is 1. The number of hydrogen-bond acceptors (Lipinski definition) is 2. The Morgan fingerprint density at radius 3 is 2.61 bits per heavy atom. The minimum Gasteiger partial charge on any atom is -0.478 e. The number of aromatic carboxylic acids is 1. The number of fused-ring (bicyclic) bond motifs is 1. The summed E-state index contributed by atoms with van der Waals surface area (Å²) in [6, 6.07) is 5.00. The van der Waals surface area contributed by atoms with E-state index >= 15 is 0 Å². The van der Waals surface area contributed by atoms with Crippen molar-refractivity contribution in [3.63, 3.8) is 0 Å². The summed E-state index contributed by atoms with van der Waals surface area (Å²) in [5.41, 5.74) is 2.76. The Morgan fingerprint density at radius 2 is 1.96 bits per heavy atom. The number of benzene rings is 1. The van der Waals surface area contributed by atoms with Crippen LogP contribution in [0.5, 0.6) is 0 Å². The molecule has 4 nitrogen and oxygen atoms in total. The Balaban J connectivity index is 2.07. The molecule has 0 amide bonds. The van der Waals surface area contributed by atoms with E-state index in [0.29, 0.717) is 0 Å². The maximum absolute atomic E-state index is 13.1. The maximum atomic E-state index is 13.1. The molecule has 1 aromatic carbocycles. The molecule has 1 heterocycles. The lowest BCUT2D eigenvalue weighted by Crippen LogP contribution is -2.18. The van der Waals surface area contributed by atoms with Crippen molar-refractivity contribution in [1.29, 1.82) is 0 Å². The second-order valence-electron chi connectivity index (χ2n) is 6.49. The number of H-pyrrole nitrogens is 1. The van der Waals surface area contributed by atoms with Crippen molar-refractivity contribution in [3.8, 4) is 0 Å². The van der Waals surface area contributed by atoms with E-state index in [4.69, 9.17) is 5.11 Å². The molecule has 0 bridgehead atoms. The smallest absolute Gasteiger partial charge is 0.335 e. The van der Waals surface area contributed by atoms with E-state index in [0.717, 1.165) is 60.7 Å². The first-order valence-corrected chi connectivity index (χ1v) is 8.54. The molecule has 122 valence electrons. The molecular formula is C19H23NO3. The molecule has 0 saturated heterocycles. The topological polar surface area (TPSA) is 70.2 Å². The number of Topliss-reactive ketones (excluding diaryl/α,β-unsaturated/α-hetero) is 1. The highest BCUT2D eigenvalue weighted by Crippen LogP contribution is 2.32. The normalized spacial score (nSPS) is 15.9. The summed E-state index contributed by atoms with van der Waals surface area (Å²) >= 11 is 0. The van der Waals surface area contributed by atoms with Crippen molar-refractivity contribution >= 4 is 22.7 Å². The van der Waals surface area contributed by atoms with Gasteiger partial charge in [-0.1, -0.05) is 38.7 Å². The molecular weight excluding hydrogens is 290 g/mol. The van der Waals surface area contributed by atoms with Crippen LogP contribution >= 0.6 is 0 Å². The lowest BCUT2D eigenvalue weighted by atomic mass is 9.83. The Hall–Kier alpha value is -2.10. The summed E-state index contributed by atoms with van der Waals surface area (Å²) in [6.45, 7) is 2.09. The van der Waals surface area contributed by atoms with Gasteiger partial charge in [0.2, 0.25) is 0 Å². The number of carbonyl (C=O) groups is 2. The lowest BCUT2D eigenvalue weighted by Gasteiger charge is -2.20. The second-order valence-corrected chi connectivity index (χ2v) is 6.49. The SMILES string of the molecule is CCCc1[nH]c2cc(C(=O)O)ccc2c1C(=O)C1CCCCC1. The van der Waals surface area contributed by atoms with Crippen LogP contribution in [-0.2, 0) is 6.42 Å². The van der Waals surface area contributed by atoms with E-state index in [1.807, 2.05) is 0 Å². The second kappa shape index (κ2) is 6.57. The van der Waals surface area contributed by atoms with Gasteiger partial charge in [0.1, 0.15) is 0 Å². The van der Waals surface area contributed by atoms with Crippen LogP contribution in [0.3, 0.4) is 0 Å². The number of rotatable bonds is 5. The quantitative estimate of drug-likeness (QED) is 0.794. The fraction of sp³-hybridized carbons (Fsp3) is 0.474. The fourth-order valence-corrected chi connectivity index (χ4v) is 3.67. The molecule has 0 aliphatic heterocycles. The van der Waals surface area contributed by atoms with E-state index in [1.54, 1.807) is 18.2 Å². The van der Waals surface area contributed by atoms with Gasteiger partial charge in [0.05, 0.1) is 5.56 Å². The average molecular weight is 313 g/mol. The van der Waals surface area contributed by atoms with E-state index in [1.165, 1.54) is 6.42 Å². The highest BCUT2D eigenvalue weighted by molar-refractivity contribution is 6.11. The third kappa shape index (κ3) is 3.03. The van der Waals surface area contributed by atoms with Gasteiger partial charge in [-0.3, -0.25) is 4.79 Å². The van der Waals surface area contributed by atoms with Gasteiger partial charge in [-0.2, -0.15) is 0 Å². The van der Waals surface area contributed by atoms with Gasteiger partial charge in [-0.25, -0.2) is 4.79 Å². The molecule has 1 saturated carbocycles. The number of aryl methyl sites for hydroxylation is 1. The van der Waals surface area contributed by atoms with Crippen LogP contribution in [0.2, 0.25) is 0 Å². The largest absolute Gasteiger partial charge is 0.478 e. The number of carbonyl (C=O) groups excluding carboxylic acids is 1. The van der Waals surface area contributed by atoms with Crippen LogP contribution < -0.4 is 0 Å². The lowest BCUT2D eigenvalue weighted by molar-refractivity contribution is 0.0696. The average Bonchev–Trinajstić information content (AvgIpc) is 2.92. The number of nitrogens with one attached hydrogen (secondary N) is 1. The summed E-state index contributed by atoms with van der Waals surface area (Å²) in [5, 5.41) is 10.0. The van der Waals surface area contributed by atoms with E-state index < -0.39 is 5.97 Å². The molecule has 2 aromatic rings. The van der Waals surface area contributed by atoms with Crippen LogP contribution in [0.4, 0.5) is 0 Å². The molecule has 0 spiro atoms. The van der Waals surface area contributed by atoms with E-state index in [9.17, 15) is 9.59 Å². The summed E-state index contributed by atoms with van der Waals surface area (Å²) in [5.74, 6) is -0.585. The zero-order chi connectivity index (χ0) is 16.4. The third-order valence-electron chi connectivity index (χ3n) is 4.85. The zero-order valence-corrected chi connectivity index (χ0v) is 13.5. The Kier molecular flexibility index (Phi) is 4.51. The van der Waals surface area contributed by atoms with Gasteiger partial charge >= 0.3 is 5.97 Å². The highest BCUT2D eigenvalue weighted by Gasteiger charge is 2.27. The molecule has 3 rings (SSSR count). The van der Waals surface area contributed by atoms with Gasteiger partial charge in [0, 0.05) is 28.1 Å². The number of aromatic nitrogens is 1. The van der Waals surface area contributed by atoms with Crippen molar-refractivity contribution < 1.29 is 14.7 Å². The Labute approximate surface area is 135 Å². The minimum atomic E-state index is -0.946. The third-order valence-corrected chi connectivity index (χ3v) is 4.85. The molecule has 0 unspecified atom stereocenters. The fourth-order valence-electron chi connectivity index (χ4n) is 3.67. The summed E-state index contributed by atoms with van der Waals surface area (Å²) < 4.78 is 0. The first kappa shape index (κ1) is 15.8. The molecule has 0 atom stereocenters. The van der Waals surface area contributed by atoms with Gasteiger partial charge in [0.15, 0.2) is 5.78 Å². The van der Waals surface area contributed by atoms with Crippen molar-refractivity contribution in [3.05, 3.63) is 35.0 Å². The number of hydrogen-bond donors (Lipinski definition) is 2. The molecule has 1 aromatic heterocycles. The van der Waals surface area contributed by atoms with E-state index in [-0.39, 0.29) is 17.3 Å². The van der Waals surface area contributed by atoms with Crippen LogP contribution in [0.15, 0.2) is 18.2 Å². The predicted octanol–water partition coefficient (Wildman–Crippen LogP) is 4.58. The van der Waals surface area contributed by atoms with Gasteiger partial charge in [-0.15, -0.1) is 0 Å². The molecule has 2 N–H and O–H groups in total. The van der Waals surface area contributed by atoms with Crippen LogP contribution in [-0.4, -0.2) is 21.8 Å². The Morgan fingerprint density at radius 1 is 1.22 bits per heavy atom. The maximum Gasteiger partial charge on any atom is 0.335 e. The van der Waals surface area contributed by atoms with Crippen LogP contribution in [0.1, 0.15) is 71.9 Å². The number of aromatic amines is 1. The summed E-state index contributed by atoms with van der Waals surface area (Å²) in [7, 11) is 0. The summed E-state index contributed by atoms with van der Waals surface area (Å²) in [4.78, 5) is 27.5. The van der Waals surface area contributed by atoms with E-state index in [2.05, 4.69) is 11.9 Å². The summed E-state index contributed by atoms with van der Waals surface area (Å²) in [6.07, 6.45) is 7.19. The first-order valence-electron chi connectivity index (χ1n) is 8.54. The van der Waals surface area contributed by atoms with Gasteiger partial charge in [-0.05, 0) is 31.4 Å². The highest BCUT2D eigenvalue weighted by atomic mass is 16.4. The monoisotopic (exact) mass is 313 g/mol. The number of ketones is 1. The minimum absolute atomic E-state index is 0.123. The molecule has 4 heteroatoms. The predicted molar refractivity (Wildman–Crippen MR) is 90.2 cm³/mol. The molecule has 1 aliphatic rings. The van der Waals surface area contributed by atoms with Gasteiger partial charge < -0.3 is 10.1 Å². The van der Waals surface area contributed by atoms with Crippen molar-refractivity contribution in [2.24, 2.45) is 5.92 Å². The van der Waals surface area contributed by atoms with Crippen LogP contribution in [0.25, 0.3) is 10.9 Å².